The molecular formula is C17H26N4O6S2. The smallest absolute Gasteiger partial charge is 0.309 e. The second-order valence-corrected chi connectivity index (χ2v) is 9.71. The molecule has 0 saturated carbocycles. The largest absolute Gasteiger partial charge is 0.379 e. The van der Waals surface area contributed by atoms with Gasteiger partial charge in [-0.05, 0) is 17.9 Å². The zero-order valence-electron chi connectivity index (χ0n) is 16.0. The summed E-state index contributed by atoms with van der Waals surface area (Å²) in [5.74, 6) is -1.56. The number of hydrogen-bond acceptors (Lipinski definition) is 8. The molecule has 0 aliphatic carbocycles. The molecule has 29 heavy (non-hydrogen) atoms. The summed E-state index contributed by atoms with van der Waals surface area (Å²) in [6.07, 6.45) is -0.280. The van der Waals surface area contributed by atoms with Gasteiger partial charge in [0.15, 0.2) is 0 Å². The highest BCUT2D eigenvalue weighted by atomic mass is 32.2. The van der Waals surface area contributed by atoms with Crippen molar-refractivity contribution in [3.05, 3.63) is 17.5 Å². The van der Waals surface area contributed by atoms with Gasteiger partial charge in [0.2, 0.25) is 0 Å². The standard InChI is InChI=1S/C17H26N4O6S2/c22-16(18-4-6-20-7-10-26-11-8-20)17(23)19-13-14-21(5-2-9-27-14)29(24,25)15-3-1-12-28-15/h1,3,12,14H,2,4-11,13H2,(H,18,22)(H,19,23)/t14-/m1/s1. The van der Waals surface area contributed by atoms with E-state index in [0.717, 1.165) is 24.4 Å². The van der Waals surface area contributed by atoms with Crippen molar-refractivity contribution in [3.8, 4) is 0 Å². The number of sulfonamides is 1. The molecule has 2 N–H and O–H groups in total. The van der Waals surface area contributed by atoms with Crippen LogP contribution in [0.5, 0.6) is 0 Å². The molecule has 2 saturated heterocycles. The van der Waals surface area contributed by atoms with Gasteiger partial charge in [0.1, 0.15) is 10.4 Å². The molecule has 3 rings (SSSR count). The van der Waals surface area contributed by atoms with Gasteiger partial charge in [0.25, 0.3) is 10.0 Å². The van der Waals surface area contributed by atoms with Crippen molar-refractivity contribution in [2.24, 2.45) is 0 Å². The van der Waals surface area contributed by atoms with Crippen LogP contribution in [0.3, 0.4) is 0 Å². The molecule has 0 spiro atoms. The van der Waals surface area contributed by atoms with E-state index in [-0.39, 0.29) is 10.8 Å². The molecule has 162 valence electrons. The van der Waals surface area contributed by atoms with E-state index < -0.39 is 28.1 Å². The normalized spacial score (nSPS) is 21.6. The third-order valence-corrected chi connectivity index (χ3v) is 7.93. The number of ether oxygens (including phenoxy) is 2. The van der Waals surface area contributed by atoms with Crippen molar-refractivity contribution in [2.75, 3.05) is 59.1 Å². The summed E-state index contributed by atoms with van der Waals surface area (Å²) in [7, 11) is -3.70. The van der Waals surface area contributed by atoms with E-state index in [2.05, 4.69) is 15.5 Å². The van der Waals surface area contributed by atoms with E-state index in [1.165, 1.54) is 10.4 Å². The van der Waals surface area contributed by atoms with Gasteiger partial charge in [-0.1, -0.05) is 6.07 Å². The summed E-state index contributed by atoms with van der Waals surface area (Å²) in [6.45, 7) is 4.52. The molecule has 2 fully saturated rings. The second kappa shape index (κ2) is 10.5. The number of nitrogens with one attached hydrogen (secondary N) is 2. The van der Waals surface area contributed by atoms with E-state index in [0.29, 0.717) is 45.9 Å². The summed E-state index contributed by atoms with van der Waals surface area (Å²) < 4.78 is 37.8. The number of thiophene rings is 1. The summed E-state index contributed by atoms with van der Waals surface area (Å²) in [5.41, 5.74) is 0. The maximum absolute atomic E-state index is 12.8. The number of carbonyl (C=O) groups is 2. The molecule has 1 aromatic rings. The molecule has 1 aromatic heterocycles. The van der Waals surface area contributed by atoms with Gasteiger partial charge in [-0.15, -0.1) is 11.3 Å². The first-order chi connectivity index (χ1) is 14.0. The third-order valence-electron chi connectivity index (χ3n) is 4.67. The molecule has 0 radical (unpaired) electrons. The first kappa shape index (κ1) is 22.1. The lowest BCUT2D eigenvalue weighted by Crippen LogP contribution is -2.53. The monoisotopic (exact) mass is 446 g/mol. The molecule has 3 heterocycles. The minimum absolute atomic E-state index is 0.0969. The van der Waals surface area contributed by atoms with E-state index in [4.69, 9.17) is 9.47 Å². The maximum Gasteiger partial charge on any atom is 0.309 e. The lowest BCUT2D eigenvalue weighted by Gasteiger charge is -2.34. The summed E-state index contributed by atoms with van der Waals surface area (Å²) in [4.78, 5) is 26.2. The minimum Gasteiger partial charge on any atom is -0.379 e. The highest BCUT2D eigenvalue weighted by molar-refractivity contribution is 7.91. The minimum atomic E-state index is -3.70. The van der Waals surface area contributed by atoms with Crippen molar-refractivity contribution >= 4 is 33.2 Å². The average molecular weight is 447 g/mol. The molecule has 10 nitrogen and oxygen atoms in total. The highest BCUT2D eigenvalue weighted by Gasteiger charge is 2.35. The van der Waals surface area contributed by atoms with Gasteiger partial charge in [0.05, 0.1) is 26.4 Å². The Morgan fingerprint density at radius 1 is 1.14 bits per heavy atom. The van der Waals surface area contributed by atoms with Crippen LogP contribution in [0, 0.1) is 0 Å². The van der Waals surface area contributed by atoms with Gasteiger partial charge in [-0.2, -0.15) is 4.31 Å². The van der Waals surface area contributed by atoms with Gasteiger partial charge in [-0.25, -0.2) is 8.42 Å². The van der Waals surface area contributed by atoms with Gasteiger partial charge in [0, 0.05) is 32.7 Å². The Hall–Kier alpha value is -1.57. The number of rotatable bonds is 7. The van der Waals surface area contributed by atoms with Crippen LogP contribution in [-0.2, 0) is 29.1 Å². The topological polar surface area (TPSA) is 117 Å². The van der Waals surface area contributed by atoms with Gasteiger partial charge >= 0.3 is 11.8 Å². The van der Waals surface area contributed by atoms with E-state index in [1.807, 2.05) is 0 Å². The quantitative estimate of drug-likeness (QED) is 0.519. The summed E-state index contributed by atoms with van der Waals surface area (Å²) in [6, 6.07) is 3.20. The van der Waals surface area contributed by atoms with Crippen LogP contribution in [0.4, 0.5) is 0 Å². The van der Waals surface area contributed by atoms with Crippen molar-refractivity contribution in [1.29, 1.82) is 0 Å². The van der Waals surface area contributed by atoms with Crippen molar-refractivity contribution in [2.45, 2.75) is 16.9 Å². The fourth-order valence-electron chi connectivity index (χ4n) is 3.12. The predicted octanol–water partition coefficient (Wildman–Crippen LogP) is -0.950. The number of nitrogens with zero attached hydrogens (tertiary/aromatic N) is 2. The second-order valence-electron chi connectivity index (χ2n) is 6.65. The molecule has 2 aliphatic heterocycles. The lowest BCUT2D eigenvalue weighted by molar-refractivity contribution is -0.140. The summed E-state index contributed by atoms with van der Waals surface area (Å²) in [5, 5.41) is 6.74. The third kappa shape index (κ3) is 5.96. The van der Waals surface area contributed by atoms with Crippen molar-refractivity contribution < 1.29 is 27.5 Å². The number of morpholine rings is 1. The van der Waals surface area contributed by atoms with E-state index in [1.54, 1.807) is 11.4 Å². The molecular weight excluding hydrogens is 420 g/mol. The number of amides is 2. The Balaban J connectivity index is 1.46. The summed E-state index contributed by atoms with van der Waals surface area (Å²) >= 11 is 1.13. The van der Waals surface area contributed by atoms with Crippen LogP contribution in [0.1, 0.15) is 6.42 Å². The number of hydrogen-bond donors (Lipinski definition) is 2. The molecule has 12 heteroatoms. The van der Waals surface area contributed by atoms with Crippen LogP contribution in [0.15, 0.2) is 21.7 Å². The fourth-order valence-corrected chi connectivity index (χ4v) is 5.81. The van der Waals surface area contributed by atoms with Crippen molar-refractivity contribution in [3.63, 3.8) is 0 Å². The van der Waals surface area contributed by atoms with Gasteiger partial charge in [-0.3, -0.25) is 14.5 Å². The maximum atomic E-state index is 12.8. The Kier molecular flexibility index (Phi) is 7.98. The number of carbonyl (C=O) groups excluding carboxylic acids is 2. The molecule has 0 aromatic carbocycles. The van der Waals surface area contributed by atoms with E-state index >= 15 is 0 Å². The van der Waals surface area contributed by atoms with Crippen LogP contribution in [0.2, 0.25) is 0 Å². The molecule has 0 bridgehead atoms. The van der Waals surface area contributed by atoms with Crippen LogP contribution in [-0.4, -0.2) is 94.8 Å². The fraction of sp³-hybridized carbons (Fsp3) is 0.647. The molecule has 0 unspecified atom stereocenters. The predicted molar refractivity (Wildman–Crippen MR) is 106 cm³/mol. The molecule has 2 amide bonds. The van der Waals surface area contributed by atoms with Gasteiger partial charge < -0.3 is 20.1 Å². The Bertz CT molecular complexity index is 780. The lowest BCUT2D eigenvalue weighted by atomic mass is 10.3. The molecule has 2 aliphatic rings. The Morgan fingerprint density at radius 2 is 1.90 bits per heavy atom. The van der Waals surface area contributed by atoms with Crippen LogP contribution < -0.4 is 10.6 Å². The van der Waals surface area contributed by atoms with Crippen molar-refractivity contribution in [1.82, 2.24) is 19.8 Å². The molecule has 1 atom stereocenters. The van der Waals surface area contributed by atoms with Crippen LogP contribution in [0.25, 0.3) is 0 Å². The van der Waals surface area contributed by atoms with Crippen LogP contribution >= 0.6 is 11.3 Å². The van der Waals surface area contributed by atoms with E-state index in [9.17, 15) is 18.0 Å². The first-order valence-corrected chi connectivity index (χ1v) is 11.8. The Morgan fingerprint density at radius 3 is 2.62 bits per heavy atom. The first-order valence-electron chi connectivity index (χ1n) is 9.51. The SMILES string of the molecule is O=C(NCCN1CCOCC1)C(=O)NC[C@H]1OCCCN1S(=O)(=O)c1cccs1. The highest BCUT2D eigenvalue weighted by Crippen LogP contribution is 2.25. The zero-order valence-corrected chi connectivity index (χ0v) is 17.7. The Labute approximate surface area is 174 Å². The zero-order chi connectivity index (χ0) is 20.7. The average Bonchev–Trinajstić information content (AvgIpc) is 3.29.